The SMILES string of the molecule is C=CC(=O)N1CCCC[C@@H]1c1ccc(N2C[C@H](CS(=O)(=O)C(F)(F)F)[C@H]2C)c2cnc(Nc3ccnc(N4CCC(C)(O)CC4)n3)cc12. The fraction of sp³-hybridized carbons (Fsp3) is 0.515. The molecule has 3 saturated heterocycles. The number of aromatic nitrogens is 3. The molecule has 15 heteroatoms. The van der Waals surface area contributed by atoms with Gasteiger partial charge in [0.25, 0.3) is 0 Å². The number of anilines is 4. The van der Waals surface area contributed by atoms with Gasteiger partial charge < -0.3 is 25.1 Å². The summed E-state index contributed by atoms with van der Waals surface area (Å²) in [7, 11) is -5.25. The zero-order valence-electron chi connectivity index (χ0n) is 26.9. The molecule has 3 atom stereocenters. The van der Waals surface area contributed by atoms with E-state index in [4.69, 9.17) is 4.98 Å². The molecule has 2 N–H and O–H groups in total. The Morgan fingerprint density at radius 2 is 1.88 bits per heavy atom. The second-order valence-corrected chi connectivity index (χ2v) is 15.3. The second-order valence-electron chi connectivity index (χ2n) is 13.3. The number of likely N-dealkylation sites (tertiary alicyclic amines) is 1. The number of fused-ring (bicyclic) bond motifs is 1. The van der Waals surface area contributed by atoms with Crippen molar-refractivity contribution in [3.8, 4) is 0 Å². The van der Waals surface area contributed by atoms with Crippen LogP contribution < -0.4 is 15.1 Å². The van der Waals surface area contributed by atoms with Gasteiger partial charge in [0, 0.05) is 61.6 Å². The molecule has 0 radical (unpaired) electrons. The molecule has 1 amide bonds. The zero-order valence-corrected chi connectivity index (χ0v) is 27.8. The van der Waals surface area contributed by atoms with E-state index in [-0.39, 0.29) is 18.5 Å². The maximum absolute atomic E-state index is 13.1. The molecule has 48 heavy (non-hydrogen) atoms. The number of alkyl halides is 3. The van der Waals surface area contributed by atoms with Crippen LogP contribution in [0.15, 0.2) is 49.3 Å². The quantitative estimate of drug-likeness (QED) is 0.308. The lowest BCUT2D eigenvalue weighted by Gasteiger charge is -2.48. The molecule has 1 aromatic carbocycles. The topological polar surface area (TPSA) is 132 Å². The molecular weight excluding hydrogens is 647 g/mol. The standard InChI is InChI=1S/C33H40F3N7O4S/c1-4-30(44)42-14-6-5-7-26(42)23-8-9-27(43-19-22(21(43)2)20-48(46,47)33(34,35)36)25-18-38-29(17-24(23)25)39-28-10-13-37-31(40-28)41-15-11-32(3,45)12-16-41/h4,8-10,13,17-18,21-22,26,45H,1,5-7,11-12,14-16,19-20H2,2-3H3,(H,37,38,39,40)/t21-,22-,26-/m1/s1. The Bertz CT molecular complexity index is 1810. The fourth-order valence-electron chi connectivity index (χ4n) is 6.96. The Kier molecular flexibility index (Phi) is 9.04. The van der Waals surface area contributed by atoms with Crippen LogP contribution >= 0.6 is 0 Å². The summed E-state index contributed by atoms with van der Waals surface area (Å²) >= 11 is 0. The summed E-state index contributed by atoms with van der Waals surface area (Å²) in [5.41, 5.74) is -4.37. The number of piperidine rings is 2. The van der Waals surface area contributed by atoms with Crippen LogP contribution in [0.3, 0.4) is 0 Å². The minimum Gasteiger partial charge on any atom is -0.390 e. The third-order valence-corrected chi connectivity index (χ3v) is 11.5. The number of carbonyl (C=O) groups excluding carboxylic acids is 1. The molecule has 3 aliphatic rings. The number of benzene rings is 1. The average molecular weight is 688 g/mol. The van der Waals surface area contributed by atoms with Crippen LogP contribution in [0.4, 0.5) is 36.4 Å². The van der Waals surface area contributed by atoms with E-state index < -0.39 is 38.7 Å². The van der Waals surface area contributed by atoms with Crippen LogP contribution in [0, 0.1) is 5.92 Å². The van der Waals surface area contributed by atoms with Gasteiger partial charge in [0.15, 0.2) is 0 Å². The molecule has 0 bridgehead atoms. The summed E-state index contributed by atoms with van der Waals surface area (Å²) in [6.07, 6.45) is 8.42. The van der Waals surface area contributed by atoms with E-state index in [0.29, 0.717) is 50.1 Å². The first kappa shape index (κ1) is 33.9. The third-order valence-electron chi connectivity index (χ3n) is 9.95. The van der Waals surface area contributed by atoms with Crippen LogP contribution in [0.2, 0.25) is 0 Å². The zero-order chi connectivity index (χ0) is 34.4. The molecule has 0 spiro atoms. The van der Waals surface area contributed by atoms with Crippen LogP contribution in [0.25, 0.3) is 10.8 Å². The van der Waals surface area contributed by atoms with Crippen molar-refractivity contribution in [2.75, 3.05) is 47.0 Å². The highest BCUT2D eigenvalue weighted by molar-refractivity contribution is 7.92. The van der Waals surface area contributed by atoms with Crippen LogP contribution in [-0.4, -0.2) is 88.4 Å². The predicted molar refractivity (Wildman–Crippen MR) is 178 cm³/mol. The maximum Gasteiger partial charge on any atom is 0.497 e. The molecule has 2 aromatic heterocycles. The van der Waals surface area contributed by atoms with Crippen molar-refractivity contribution in [3.63, 3.8) is 0 Å². The molecule has 258 valence electrons. The Balaban J connectivity index is 1.33. The lowest BCUT2D eigenvalue weighted by molar-refractivity contribution is -0.129. The first-order valence-corrected chi connectivity index (χ1v) is 17.8. The smallest absolute Gasteiger partial charge is 0.390 e. The summed E-state index contributed by atoms with van der Waals surface area (Å²) < 4.78 is 63.1. The van der Waals surface area contributed by atoms with Gasteiger partial charge in [0.2, 0.25) is 21.7 Å². The number of aliphatic hydroxyl groups is 1. The highest BCUT2D eigenvalue weighted by atomic mass is 32.2. The lowest BCUT2D eigenvalue weighted by atomic mass is 9.87. The summed E-state index contributed by atoms with van der Waals surface area (Å²) in [6, 6.07) is 6.76. The number of amides is 1. The van der Waals surface area contributed by atoms with E-state index >= 15 is 0 Å². The fourth-order valence-corrected chi connectivity index (χ4v) is 8.09. The van der Waals surface area contributed by atoms with Gasteiger partial charge in [0.1, 0.15) is 11.6 Å². The van der Waals surface area contributed by atoms with Crippen molar-refractivity contribution in [2.45, 2.75) is 69.1 Å². The van der Waals surface area contributed by atoms with Gasteiger partial charge in [-0.25, -0.2) is 18.4 Å². The molecule has 0 aliphatic carbocycles. The number of nitrogens with zero attached hydrogens (tertiary/aromatic N) is 6. The normalized spacial score (nSPS) is 23.1. The summed E-state index contributed by atoms with van der Waals surface area (Å²) in [4.78, 5) is 32.4. The van der Waals surface area contributed by atoms with Crippen molar-refractivity contribution >= 4 is 49.8 Å². The van der Waals surface area contributed by atoms with Gasteiger partial charge in [0.05, 0.1) is 17.4 Å². The Hall–Kier alpha value is -3.98. The van der Waals surface area contributed by atoms with Gasteiger partial charge in [-0.05, 0) is 81.2 Å². The minimum atomic E-state index is -5.29. The van der Waals surface area contributed by atoms with Crippen LogP contribution in [0.5, 0.6) is 0 Å². The van der Waals surface area contributed by atoms with Gasteiger partial charge in [-0.15, -0.1) is 0 Å². The largest absolute Gasteiger partial charge is 0.497 e. The molecule has 3 aliphatic heterocycles. The highest BCUT2D eigenvalue weighted by Crippen LogP contribution is 2.43. The molecule has 6 rings (SSSR count). The van der Waals surface area contributed by atoms with E-state index in [1.165, 1.54) is 6.08 Å². The number of halogens is 3. The number of pyridine rings is 1. The summed E-state index contributed by atoms with van der Waals surface area (Å²) in [6.45, 7) is 9.21. The van der Waals surface area contributed by atoms with E-state index in [1.54, 1.807) is 25.4 Å². The molecule has 0 saturated carbocycles. The van der Waals surface area contributed by atoms with Crippen molar-refractivity contribution in [1.82, 2.24) is 19.9 Å². The van der Waals surface area contributed by atoms with Gasteiger partial charge >= 0.3 is 5.51 Å². The molecule has 5 heterocycles. The molecule has 3 fully saturated rings. The van der Waals surface area contributed by atoms with E-state index in [0.717, 1.165) is 41.3 Å². The van der Waals surface area contributed by atoms with E-state index in [1.807, 2.05) is 39.8 Å². The van der Waals surface area contributed by atoms with Gasteiger partial charge in [-0.2, -0.15) is 18.2 Å². The Morgan fingerprint density at radius 3 is 2.56 bits per heavy atom. The average Bonchev–Trinajstić information content (AvgIpc) is 3.05. The molecule has 0 unspecified atom stereocenters. The van der Waals surface area contributed by atoms with Crippen molar-refractivity contribution in [1.29, 1.82) is 0 Å². The maximum atomic E-state index is 13.1. The summed E-state index contributed by atoms with van der Waals surface area (Å²) in [5, 5.41) is 15.2. The van der Waals surface area contributed by atoms with Crippen LogP contribution in [0.1, 0.15) is 57.6 Å². The highest BCUT2D eigenvalue weighted by Gasteiger charge is 2.50. The van der Waals surface area contributed by atoms with Crippen molar-refractivity contribution in [2.24, 2.45) is 5.92 Å². The predicted octanol–water partition coefficient (Wildman–Crippen LogP) is 5.12. The molecule has 11 nitrogen and oxygen atoms in total. The summed E-state index contributed by atoms with van der Waals surface area (Å²) in [5.74, 6) is -0.258. The Labute approximate surface area is 277 Å². The number of nitrogens with one attached hydrogen (secondary N) is 1. The number of carbonyl (C=O) groups is 1. The van der Waals surface area contributed by atoms with E-state index in [2.05, 4.69) is 21.9 Å². The number of sulfone groups is 1. The van der Waals surface area contributed by atoms with Gasteiger partial charge in [-0.1, -0.05) is 12.6 Å². The Morgan fingerprint density at radius 1 is 1.12 bits per heavy atom. The molecular formula is C33H40F3N7O4S. The minimum absolute atomic E-state index is 0.144. The van der Waals surface area contributed by atoms with Crippen molar-refractivity contribution < 1.29 is 31.5 Å². The number of rotatable bonds is 8. The monoisotopic (exact) mass is 687 g/mol. The van der Waals surface area contributed by atoms with Gasteiger partial charge in [-0.3, -0.25) is 4.79 Å². The van der Waals surface area contributed by atoms with Crippen LogP contribution in [-0.2, 0) is 14.6 Å². The third kappa shape index (κ3) is 6.66. The number of hydrogen-bond donors (Lipinski definition) is 2. The first-order valence-electron chi connectivity index (χ1n) is 16.2. The second kappa shape index (κ2) is 12.8. The number of hydrogen-bond acceptors (Lipinski definition) is 10. The molecule has 3 aromatic rings. The van der Waals surface area contributed by atoms with E-state index in [9.17, 15) is 31.5 Å². The lowest BCUT2D eigenvalue weighted by Crippen LogP contribution is -2.58. The van der Waals surface area contributed by atoms with Crippen molar-refractivity contribution in [3.05, 3.63) is 54.9 Å². The first-order chi connectivity index (χ1) is 22.7.